The van der Waals surface area contributed by atoms with Crippen molar-refractivity contribution in [1.82, 2.24) is 9.66 Å². The second-order valence-electron chi connectivity index (χ2n) is 4.87. The smallest absolute Gasteiger partial charge is 0.356 e. The molecule has 0 saturated heterocycles. The summed E-state index contributed by atoms with van der Waals surface area (Å²) >= 11 is 0. The Morgan fingerprint density at radius 1 is 1.12 bits per heavy atom. The number of nitrogens with zero attached hydrogens (tertiary/aromatic N) is 3. The van der Waals surface area contributed by atoms with E-state index in [0.717, 1.165) is 4.68 Å². The number of benzene rings is 2. The van der Waals surface area contributed by atoms with Crippen LogP contribution in [0.2, 0.25) is 0 Å². The predicted molar refractivity (Wildman–Crippen MR) is 90.4 cm³/mol. The summed E-state index contributed by atoms with van der Waals surface area (Å²) in [6.07, 6.45) is 0. The van der Waals surface area contributed by atoms with Crippen LogP contribution in [-0.4, -0.2) is 26.4 Å². The number of carbonyl (C=O) groups is 1. The van der Waals surface area contributed by atoms with Crippen molar-refractivity contribution in [2.24, 2.45) is 5.10 Å². The van der Waals surface area contributed by atoms with Gasteiger partial charge >= 0.3 is 5.97 Å². The van der Waals surface area contributed by atoms with E-state index in [0.29, 0.717) is 16.5 Å². The molecule has 4 N–H and O–H groups in total. The number of para-hydroxylation sites is 1. The number of anilines is 1. The molecule has 0 amide bonds. The molecule has 0 aliphatic heterocycles. The molecule has 0 radical (unpaired) electrons. The number of fused-ring (bicyclic) bond motifs is 1. The van der Waals surface area contributed by atoms with Gasteiger partial charge in [-0.25, -0.2) is 15.2 Å². The fraction of sp³-hybridized carbons (Fsp3) is 0. The Balaban J connectivity index is 2.04. The highest BCUT2D eigenvalue weighted by Gasteiger charge is 2.13. The maximum Gasteiger partial charge on any atom is 0.356 e. The van der Waals surface area contributed by atoms with Gasteiger partial charge < -0.3 is 10.9 Å². The number of nitrogens with one attached hydrogen (secondary N) is 1. The van der Waals surface area contributed by atoms with Gasteiger partial charge in [0.2, 0.25) is 5.95 Å². The van der Waals surface area contributed by atoms with Crippen LogP contribution in [0.25, 0.3) is 10.9 Å². The zero-order chi connectivity index (χ0) is 17.1. The minimum Gasteiger partial charge on any atom is -0.476 e. The van der Waals surface area contributed by atoms with Crippen LogP contribution in [0, 0.1) is 0 Å². The van der Waals surface area contributed by atoms with E-state index in [1.807, 2.05) is 0 Å². The predicted octanol–water partition coefficient (Wildman–Crippen LogP) is 1.01. The standard InChI is InChI=1S/C16H13N5O3/c17-21-14(22)11-8-4-5-9-12(11)18-16(21)20-19-13(15(23)24)10-6-2-1-3-7-10/h1-9H,17H2,(H,18,20)(H,23,24)/b19-13-. The first-order valence-corrected chi connectivity index (χ1v) is 6.97. The zero-order valence-corrected chi connectivity index (χ0v) is 12.4. The van der Waals surface area contributed by atoms with E-state index in [4.69, 9.17) is 5.84 Å². The number of hydrogen-bond donors (Lipinski definition) is 3. The maximum absolute atomic E-state index is 12.2. The van der Waals surface area contributed by atoms with E-state index in [1.165, 1.54) is 0 Å². The molecule has 0 aliphatic carbocycles. The monoisotopic (exact) mass is 323 g/mol. The maximum atomic E-state index is 12.2. The number of nitrogen functional groups attached to an aromatic ring is 1. The molecule has 0 bridgehead atoms. The van der Waals surface area contributed by atoms with Crippen LogP contribution in [0.1, 0.15) is 5.56 Å². The van der Waals surface area contributed by atoms with E-state index in [1.54, 1.807) is 54.6 Å². The van der Waals surface area contributed by atoms with E-state index in [-0.39, 0.29) is 11.7 Å². The lowest BCUT2D eigenvalue weighted by Gasteiger charge is -2.08. The van der Waals surface area contributed by atoms with Crippen molar-refractivity contribution in [3.63, 3.8) is 0 Å². The Morgan fingerprint density at radius 2 is 1.79 bits per heavy atom. The van der Waals surface area contributed by atoms with Crippen LogP contribution in [-0.2, 0) is 4.79 Å². The molecule has 1 heterocycles. The lowest BCUT2D eigenvalue weighted by molar-refractivity contribution is -0.129. The molecular formula is C16H13N5O3. The Bertz CT molecular complexity index is 996. The van der Waals surface area contributed by atoms with E-state index >= 15 is 0 Å². The third kappa shape index (κ3) is 2.80. The molecule has 0 unspecified atom stereocenters. The molecule has 120 valence electrons. The largest absolute Gasteiger partial charge is 0.476 e. The molecule has 8 heteroatoms. The van der Waals surface area contributed by atoms with E-state index in [9.17, 15) is 14.7 Å². The normalized spacial score (nSPS) is 11.4. The lowest BCUT2D eigenvalue weighted by atomic mass is 10.1. The van der Waals surface area contributed by atoms with Gasteiger partial charge in [0.1, 0.15) is 0 Å². The highest BCUT2D eigenvalue weighted by Crippen LogP contribution is 2.10. The van der Waals surface area contributed by atoms with Gasteiger partial charge in [0.15, 0.2) is 5.71 Å². The van der Waals surface area contributed by atoms with Crippen LogP contribution in [0.4, 0.5) is 5.95 Å². The minimum atomic E-state index is -1.22. The van der Waals surface area contributed by atoms with E-state index in [2.05, 4.69) is 15.5 Å². The van der Waals surface area contributed by atoms with Crippen molar-refractivity contribution >= 4 is 28.5 Å². The minimum absolute atomic E-state index is 0.0617. The first kappa shape index (κ1) is 15.2. The van der Waals surface area contributed by atoms with Gasteiger partial charge in [-0.1, -0.05) is 42.5 Å². The second kappa shape index (κ2) is 6.21. The molecule has 0 fully saturated rings. The van der Waals surface area contributed by atoms with Crippen LogP contribution in [0.5, 0.6) is 0 Å². The topological polar surface area (TPSA) is 123 Å². The van der Waals surface area contributed by atoms with Crippen LogP contribution in [0.3, 0.4) is 0 Å². The van der Waals surface area contributed by atoms with Crippen LogP contribution < -0.4 is 16.8 Å². The third-order valence-corrected chi connectivity index (χ3v) is 3.33. The summed E-state index contributed by atoms with van der Waals surface area (Å²) in [6, 6.07) is 15.1. The SMILES string of the molecule is Nn1c(N/N=C(\C(=O)O)c2ccccc2)nc2ccccc2c1=O. The highest BCUT2D eigenvalue weighted by molar-refractivity contribution is 6.42. The van der Waals surface area contributed by atoms with Gasteiger partial charge in [-0.05, 0) is 12.1 Å². The number of nitrogens with two attached hydrogens (primary N) is 1. The Kier molecular flexibility index (Phi) is 3.94. The summed E-state index contributed by atoms with van der Waals surface area (Å²) in [4.78, 5) is 27.8. The van der Waals surface area contributed by atoms with Gasteiger partial charge in [0.05, 0.1) is 10.9 Å². The lowest BCUT2D eigenvalue weighted by Crippen LogP contribution is -2.30. The zero-order valence-electron chi connectivity index (χ0n) is 12.4. The molecule has 3 rings (SSSR count). The number of rotatable bonds is 4. The molecule has 24 heavy (non-hydrogen) atoms. The fourth-order valence-corrected chi connectivity index (χ4v) is 2.16. The van der Waals surface area contributed by atoms with Crippen molar-refractivity contribution in [3.8, 4) is 0 Å². The third-order valence-electron chi connectivity index (χ3n) is 3.33. The van der Waals surface area contributed by atoms with Crippen molar-refractivity contribution in [2.45, 2.75) is 0 Å². The number of aliphatic carboxylic acids is 1. The molecule has 3 aromatic rings. The summed E-state index contributed by atoms with van der Waals surface area (Å²) in [5, 5.41) is 13.5. The number of hydrogen-bond acceptors (Lipinski definition) is 6. The molecule has 2 aromatic carbocycles. The number of hydrazone groups is 1. The van der Waals surface area contributed by atoms with Crippen molar-refractivity contribution < 1.29 is 9.90 Å². The number of aromatic nitrogens is 2. The van der Waals surface area contributed by atoms with Gasteiger partial charge in [-0.2, -0.15) is 9.78 Å². The van der Waals surface area contributed by atoms with E-state index < -0.39 is 11.5 Å². The van der Waals surface area contributed by atoms with Crippen molar-refractivity contribution in [3.05, 3.63) is 70.5 Å². The fourth-order valence-electron chi connectivity index (χ4n) is 2.16. The van der Waals surface area contributed by atoms with Crippen LogP contribution in [0.15, 0.2) is 64.5 Å². The quantitative estimate of drug-likeness (QED) is 0.374. The molecular weight excluding hydrogens is 310 g/mol. The highest BCUT2D eigenvalue weighted by atomic mass is 16.4. The first-order valence-electron chi connectivity index (χ1n) is 6.97. The summed E-state index contributed by atoms with van der Waals surface area (Å²) in [5.74, 6) is 4.43. The van der Waals surface area contributed by atoms with Gasteiger partial charge in [0.25, 0.3) is 5.56 Å². The summed E-state index contributed by atoms with van der Waals surface area (Å²) in [6.45, 7) is 0. The number of carboxylic acid groups (broad SMARTS) is 1. The van der Waals surface area contributed by atoms with Gasteiger partial charge in [-0.15, -0.1) is 0 Å². The molecule has 0 atom stereocenters. The molecule has 0 saturated carbocycles. The van der Waals surface area contributed by atoms with Crippen LogP contribution >= 0.6 is 0 Å². The molecule has 8 nitrogen and oxygen atoms in total. The summed E-state index contributed by atoms with van der Waals surface area (Å²) in [7, 11) is 0. The Hall–Kier alpha value is -3.68. The van der Waals surface area contributed by atoms with Gasteiger partial charge in [0, 0.05) is 5.56 Å². The molecule has 0 aliphatic rings. The van der Waals surface area contributed by atoms with Crippen molar-refractivity contribution in [1.29, 1.82) is 0 Å². The summed E-state index contributed by atoms with van der Waals surface area (Å²) in [5.41, 5.74) is 2.61. The second-order valence-corrected chi connectivity index (χ2v) is 4.87. The molecule has 0 spiro atoms. The average molecular weight is 323 g/mol. The Labute approximate surface area is 135 Å². The Morgan fingerprint density at radius 3 is 2.50 bits per heavy atom. The average Bonchev–Trinajstić information content (AvgIpc) is 2.60. The van der Waals surface area contributed by atoms with Gasteiger partial charge in [-0.3, -0.25) is 4.79 Å². The number of carboxylic acids is 1. The van der Waals surface area contributed by atoms with Crippen molar-refractivity contribution in [2.75, 3.05) is 11.3 Å². The summed E-state index contributed by atoms with van der Waals surface area (Å²) < 4.78 is 0.788. The molecule has 1 aromatic heterocycles. The first-order chi connectivity index (χ1) is 11.6.